The number of hydrogen-bond acceptors (Lipinski definition) is 5. The van der Waals surface area contributed by atoms with Crippen LogP contribution in [-0.4, -0.2) is 48.6 Å². The molecule has 1 aliphatic heterocycles. The highest BCUT2D eigenvalue weighted by Crippen LogP contribution is 2.35. The summed E-state index contributed by atoms with van der Waals surface area (Å²) in [5.74, 6) is 0. The van der Waals surface area contributed by atoms with E-state index in [0.717, 1.165) is 17.3 Å². The molecule has 1 aromatic carbocycles. The zero-order valence-electron chi connectivity index (χ0n) is 13.2. The van der Waals surface area contributed by atoms with Gasteiger partial charge in [-0.2, -0.15) is 9.57 Å². The highest BCUT2D eigenvalue weighted by molar-refractivity contribution is 9.10. The number of aliphatic hydroxyl groups is 1. The second-order valence-corrected chi connectivity index (χ2v) is 9.48. The molecule has 1 heterocycles. The molecule has 0 amide bonds. The summed E-state index contributed by atoms with van der Waals surface area (Å²) in [6.07, 6.45) is 2.34. The molecule has 1 aliphatic carbocycles. The van der Waals surface area contributed by atoms with Crippen LogP contribution in [0, 0.1) is 11.3 Å². The van der Waals surface area contributed by atoms with Crippen LogP contribution in [0.2, 0.25) is 0 Å². The minimum atomic E-state index is -3.54. The van der Waals surface area contributed by atoms with Crippen LogP contribution in [-0.2, 0) is 10.0 Å². The van der Waals surface area contributed by atoms with E-state index in [1.54, 1.807) is 24.3 Å². The van der Waals surface area contributed by atoms with Crippen LogP contribution in [0.5, 0.6) is 0 Å². The fraction of sp³-hybridized carbons (Fsp3) is 0.562. The van der Waals surface area contributed by atoms with E-state index in [1.807, 2.05) is 0 Å². The van der Waals surface area contributed by atoms with Crippen molar-refractivity contribution < 1.29 is 13.5 Å². The summed E-state index contributed by atoms with van der Waals surface area (Å²) in [6, 6.07) is 8.79. The quantitative estimate of drug-likeness (QED) is 0.764. The van der Waals surface area contributed by atoms with Crippen LogP contribution in [0.25, 0.3) is 0 Å². The van der Waals surface area contributed by atoms with Gasteiger partial charge in [-0.1, -0.05) is 15.9 Å². The van der Waals surface area contributed by atoms with Crippen molar-refractivity contribution in [3.8, 4) is 6.07 Å². The van der Waals surface area contributed by atoms with E-state index in [0.29, 0.717) is 19.4 Å². The van der Waals surface area contributed by atoms with Gasteiger partial charge in [0.05, 0.1) is 16.6 Å². The molecule has 1 aromatic rings. The standard InChI is InChI=1S/C16H20BrN3O3S/c17-13-1-3-14(4-2-13)24(22,23)20-9-7-16(21,8-10-20)12-19-15(11-18)5-6-15/h1-4,19,21H,5-10,12H2. The van der Waals surface area contributed by atoms with Gasteiger partial charge < -0.3 is 5.11 Å². The number of rotatable bonds is 5. The van der Waals surface area contributed by atoms with Crippen molar-refractivity contribution >= 4 is 26.0 Å². The Morgan fingerprint density at radius 2 is 1.79 bits per heavy atom. The largest absolute Gasteiger partial charge is 0.388 e. The van der Waals surface area contributed by atoms with Gasteiger partial charge in [0.15, 0.2) is 0 Å². The third-order valence-corrected chi connectivity index (χ3v) is 7.27. The lowest BCUT2D eigenvalue weighted by molar-refractivity contribution is -0.00546. The molecule has 2 fully saturated rings. The van der Waals surface area contributed by atoms with E-state index in [-0.39, 0.29) is 18.0 Å². The highest BCUT2D eigenvalue weighted by Gasteiger charge is 2.45. The summed E-state index contributed by atoms with van der Waals surface area (Å²) in [5, 5.41) is 22.9. The first-order valence-electron chi connectivity index (χ1n) is 7.93. The fourth-order valence-electron chi connectivity index (χ4n) is 2.86. The number of nitriles is 1. The lowest BCUT2D eigenvalue weighted by Crippen LogP contribution is -2.52. The number of sulfonamides is 1. The number of piperidine rings is 1. The number of halogens is 1. The zero-order chi connectivity index (χ0) is 17.4. The first kappa shape index (κ1) is 17.8. The van der Waals surface area contributed by atoms with Crippen molar-refractivity contribution in [2.45, 2.75) is 41.7 Å². The average molecular weight is 414 g/mol. The Labute approximate surface area is 150 Å². The van der Waals surface area contributed by atoms with Crippen LogP contribution in [0.15, 0.2) is 33.6 Å². The number of benzene rings is 1. The molecule has 3 rings (SSSR count). The van der Waals surface area contributed by atoms with Crippen molar-refractivity contribution in [2.24, 2.45) is 0 Å². The molecule has 1 saturated heterocycles. The molecule has 8 heteroatoms. The molecule has 2 N–H and O–H groups in total. The fourth-order valence-corrected chi connectivity index (χ4v) is 4.57. The average Bonchev–Trinajstić information content (AvgIpc) is 3.35. The molecule has 0 bridgehead atoms. The first-order chi connectivity index (χ1) is 11.3. The molecule has 2 aliphatic rings. The summed E-state index contributed by atoms with van der Waals surface area (Å²) >= 11 is 3.30. The van der Waals surface area contributed by atoms with Crippen molar-refractivity contribution in [1.82, 2.24) is 9.62 Å². The van der Waals surface area contributed by atoms with E-state index in [9.17, 15) is 13.5 Å². The van der Waals surface area contributed by atoms with Gasteiger partial charge in [-0.15, -0.1) is 0 Å². The SMILES string of the molecule is N#CC1(NCC2(O)CCN(S(=O)(=O)c3ccc(Br)cc3)CC2)CC1. The van der Waals surface area contributed by atoms with Gasteiger partial charge in [-0.3, -0.25) is 5.32 Å². The zero-order valence-corrected chi connectivity index (χ0v) is 15.6. The predicted octanol–water partition coefficient (Wildman–Crippen LogP) is 1.61. The van der Waals surface area contributed by atoms with Crippen LogP contribution in [0.3, 0.4) is 0 Å². The number of nitrogens with zero attached hydrogens (tertiary/aromatic N) is 2. The van der Waals surface area contributed by atoms with Crippen LogP contribution in [0.4, 0.5) is 0 Å². The molecular formula is C16H20BrN3O3S. The maximum absolute atomic E-state index is 12.7. The molecule has 6 nitrogen and oxygen atoms in total. The van der Waals surface area contributed by atoms with Gasteiger partial charge in [-0.25, -0.2) is 8.42 Å². The monoisotopic (exact) mass is 413 g/mol. The van der Waals surface area contributed by atoms with Crippen molar-refractivity contribution in [1.29, 1.82) is 5.26 Å². The van der Waals surface area contributed by atoms with Crippen LogP contribution >= 0.6 is 15.9 Å². The van der Waals surface area contributed by atoms with E-state index in [1.165, 1.54) is 4.31 Å². The molecule has 0 atom stereocenters. The molecular weight excluding hydrogens is 394 g/mol. The highest BCUT2D eigenvalue weighted by atomic mass is 79.9. The molecule has 0 spiro atoms. The summed E-state index contributed by atoms with van der Waals surface area (Å²) in [6.45, 7) is 0.874. The minimum absolute atomic E-state index is 0.260. The Bertz CT molecular complexity index is 746. The van der Waals surface area contributed by atoms with E-state index in [2.05, 4.69) is 27.3 Å². The lowest BCUT2D eigenvalue weighted by Gasteiger charge is -2.38. The van der Waals surface area contributed by atoms with Crippen molar-refractivity contribution in [2.75, 3.05) is 19.6 Å². The Morgan fingerprint density at radius 3 is 2.29 bits per heavy atom. The van der Waals surface area contributed by atoms with Gasteiger partial charge in [0.1, 0.15) is 5.54 Å². The maximum Gasteiger partial charge on any atom is 0.243 e. The Balaban J connectivity index is 1.62. The summed E-state index contributed by atoms with van der Waals surface area (Å²) in [5.41, 5.74) is -1.44. The number of nitrogens with one attached hydrogen (secondary N) is 1. The molecule has 130 valence electrons. The summed E-state index contributed by atoms with van der Waals surface area (Å²) in [4.78, 5) is 0.260. The number of hydrogen-bond donors (Lipinski definition) is 2. The van der Waals surface area contributed by atoms with Gasteiger partial charge in [0.25, 0.3) is 0 Å². The topological polar surface area (TPSA) is 93.4 Å². The lowest BCUT2D eigenvalue weighted by atomic mass is 9.92. The van der Waals surface area contributed by atoms with E-state index >= 15 is 0 Å². The normalized spacial score (nSPS) is 22.7. The Morgan fingerprint density at radius 1 is 1.21 bits per heavy atom. The van der Waals surface area contributed by atoms with E-state index in [4.69, 9.17) is 5.26 Å². The predicted molar refractivity (Wildman–Crippen MR) is 92.7 cm³/mol. The van der Waals surface area contributed by atoms with E-state index < -0.39 is 21.2 Å². The molecule has 0 unspecified atom stereocenters. The van der Waals surface area contributed by atoms with Crippen LogP contribution < -0.4 is 5.32 Å². The smallest absolute Gasteiger partial charge is 0.243 e. The minimum Gasteiger partial charge on any atom is -0.388 e. The maximum atomic E-state index is 12.7. The molecule has 0 radical (unpaired) electrons. The van der Waals surface area contributed by atoms with Crippen LogP contribution in [0.1, 0.15) is 25.7 Å². The second-order valence-electron chi connectivity index (χ2n) is 6.63. The van der Waals surface area contributed by atoms with Crippen molar-refractivity contribution in [3.05, 3.63) is 28.7 Å². The molecule has 24 heavy (non-hydrogen) atoms. The third kappa shape index (κ3) is 3.65. The molecule has 1 saturated carbocycles. The van der Waals surface area contributed by atoms with Crippen molar-refractivity contribution in [3.63, 3.8) is 0 Å². The third-order valence-electron chi connectivity index (χ3n) is 4.82. The second kappa shape index (κ2) is 6.39. The van der Waals surface area contributed by atoms with Gasteiger partial charge in [0.2, 0.25) is 10.0 Å². The van der Waals surface area contributed by atoms with Gasteiger partial charge >= 0.3 is 0 Å². The molecule has 0 aromatic heterocycles. The summed E-state index contributed by atoms with van der Waals surface area (Å²) < 4.78 is 27.6. The Hall–Kier alpha value is -0.980. The Kier molecular flexibility index (Phi) is 4.75. The first-order valence-corrected chi connectivity index (χ1v) is 10.2. The number of β-amino-alcohol motifs (C(OH)–C–C–N with tert-alkyl or cyclic N) is 1. The van der Waals surface area contributed by atoms with Gasteiger partial charge in [-0.05, 0) is 49.9 Å². The summed E-state index contributed by atoms with van der Waals surface area (Å²) in [7, 11) is -3.54. The van der Waals surface area contributed by atoms with Gasteiger partial charge in [0, 0.05) is 24.1 Å².